The van der Waals surface area contributed by atoms with Crippen molar-refractivity contribution in [2.75, 3.05) is 6.54 Å². The third-order valence-corrected chi connectivity index (χ3v) is 3.11. The monoisotopic (exact) mass is 349 g/mol. The lowest BCUT2D eigenvalue weighted by atomic mass is 10.1. The quantitative estimate of drug-likeness (QED) is 0.796. The molecule has 0 fully saturated rings. The second kappa shape index (κ2) is 7.57. The van der Waals surface area contributed by atoms with E-state index in [4.69, 9.17) is 4.74 Å². The highest BCUT2D eigenvalue weighted by atomic mass is 79.9. The summed E-state index contributed by atoms with van der Waals surface area (Å²) in [7, 11) is 0. The van der Waals surface area contributed by atoms with E-state index in [2.05, 4.69) is 21.2 Å². The van der Waals surface area contributed by atoms with Crippen LogP contribution in [0.3, 0.4) is 0 Å². The molecule has 1 aromatic rings. The Balaban J connectivity index is 2.61. The Labute approximate surface area is 125 Å². The Bertz CT molecular complexity index is 480. The van der Waals surface area contributed by atoms with Gasteiger partial charge in [-0.05, 0) is 31.4 Å². The van der Waals surface area contributed by atoms with Crippen molar-refractivity contribution >= 4 is 21.8 Å². The van der Waals surface area contributed by atoms with Crippen molar-refractivity contribution in [2.24, 2.45) is 5.92 Å². The summed E-state index contributed by atoms with van der Waals surface area (Å²) < 4.78 is 32.2. The second-order valence-corrected chi connectivity index (χ2v) is 5.85. The van der Waals surface area contributed by atoms with Crippen LogP contribution in [0.1, 0.15) is 27.2 Å². The van der Waals surface area contributed by atoms with E-state index in [-0.39, 0.29) is 11.7 Å². The number of amides is 1. The van der Waals surface area contributed by atoms with Crippen LogP contribution in [0, 0.1) is 17.6 Å². The highest BCUT2D eigenvalue weighted by Gasteiger charge is 2.18. The van der Waals surface area contributed by atoms with Gasteiger partial charge in [-0.25, -0.2) is 4.39 Å². The first kappa shape index (κ1) is 16.9. The van der Waals surface area contributed by atoms with Crippen molar-refractivity contribution in [1.82, 2.24) is 5.32 Å². The van der Waals surface area contributed by atoms with E-state index in [1.807, 2.05) is 13.8 Å². The summed E-state index contributed by atoms with van der Waals surface area (Å²) in [6, 6.07) is 2.28. The van der Waals surface area contributed by atoms with E-state index in [1.165, 1.54) is 13.0 Å². The molecule has 20 heavy (non-hydrogen) atoms. The normalized spacial score (nSPS) is 12.3. The number of hydrogen-bond donors (Lipinski definition) is 1. The summed E-state index contributed by atoms with van der Waals surface area (Å²) in [6.45, 7) is 6.11. The van der Waals surface area contributed by atoms with E-state index in [0.29, 0.717) is 16.9 Å². The molecular weight excluding hydrogens is 332 g/mol. The Hall–Kier alpha value is -1.17. The van der Waals surface area contributed by atoms with Gasteiger partial charge in [0, 0.05) is 11.0 Å². The van der Waals surface area contributed by atoms with Crippen LogP contribution in [0.15, 0.2) is 16.6 Å². The molecule has 0 saturated carbocycles. The van der Waals surface area contributed by atoms with Crippen LogP contribution in [0.2, 0.25) is 0 Å². The Morgan fingerprint density at radius 1 is 1.35 bits per heavy atom. The zero-order chi connectivity index (χ0) is 15.3. The van der Waals surface area contributed by atoms with Crippen LogP contribution in [0.25, 0.3) is 0 Å². The minimum Gasteiger partial charge on any atom is -0.478 e. The van der Waals surface area contributed by atoms with Gasteiger partial charge in [-0.15, -0.1) is 0 Å². The molecule has 1 aromatic carbocycles. The van der Waals surface area contributed by atoms with Gasteiger partial charge in [0.2, 0.25) is 5.82 Å². The van der Waals surface area contributed by atoms with Gasteiger partial charge in [0.1, 0.15) is 0 Å². The van der Waals surface area contributed by atoms with Gasteiger partial charge < -0.3 is 10.1 Å². The SMILES string of the molecule is CC(C)CCNC(=O)C(C)Oc1cc(Br)cc(F)c1F. The summed E-state index contributed by atoms with van der Waals surface area (Å²) >= 11 is 3.04. The van der Waals surface area contributed by atoms with E-state index in [9.17, 15) is 13.6 Å². The zero-order valence-corrected chi connectivity index (χ0v) is 13.3. The number of rotatable bonds is 6. The minimum absolute atomic E-state index is 0.289. The van der Waals surface area contributed by atoms with Gasteiger partial charge in [0.25, 0.3) is 5.91 Å². The molecule has 1 rings (SSSR count). The van der Waals surface area contributed by atoms with Gasteiger partial charge in [0.15, 0.2) is 17.7 Å². The molecule has 0 aliphatic rings. The molecule has 0 saturated heterocycles. The summed E-state index contributed by atoms with van der Waals surface area (Å²) in [5.41, 5.74) is 0. The van der Waals surface area contributed by atoms with Gasteiger partial charge in [-0.2, -0.15) is 4.39 Å². The van der Waals surface area contributed by atoms with Gasteiger partial charge in [-0.1, -0.05) is 29.8 Å². The average Bonchev–Trinajstić information content (AvgIpc) is 2.34. The van der Waals surface area contributed by atoms with Crippen LogP contribution >= 0.6 is 15.9 Å². The maximum absolute atomic E-state index is 13.5. The maximum Gasteiger partial charge on any atom is 0.260 e. The molecular formula is C14H18BrF2NO2. The number of nitrogens with one attached hydrogen (secondary N) is 1. The van der Waals surface area contributed by atoms with Crippen molar-refractivity contribution in [3.8, 4) is 5.75 Å². The van der Waals surface area contributed by atoms with Crippen molar-refractivity contribution in [3.63, 3.8) is 0 Å². The van der Waals surface area contributed by atoms with Crippen LogP contribution < -0.4 is 10.1 Å². The molecule has 1 N–H and O–H groups in total. The van der Waals surface area contributed by atoms with E-state index < -0.39 is 17.7 Å². The fraction of sp³-hybridized carbons (Fsp3) is 0.500. The molecule has 0 aromatic heterocycles. The lowest BCUT2D eigenvalue weighted by Gasteiger charge is -2.16. The third-order valence-electron chi connectivity index (χ3n) is 2.65. The van der Waals surface area contributed by atoms with Crippen molar-refractivity contribution in [3.05, 3.63) is 28.2 Å². The molecule has 112 valence electrons. The number of carbonyl (C=O) groups excluding carboxylic acids is 1. The number of halogens is 3. The van der Waals surface area contributed by atoms with Gasteiger partial charge in [0.05, 0.1) is 0 Å². The summed E-state index contributed by atoms with van der Waals surface area (Å²) in [6.07, 6.45) is -0.0522. The Kier molecular flexibility index (Phi) is 6.39. The first-order valence-corrected chi connectivity index (χ1v) is 7.19. The van der Waals surface area contributed by atoms with E-state index in [0.717, 1.165) is 12.5 Å². The maximum atomic E-state index is 13.5. The number of benzene rings is 1. The highest BCUT2D eigenvalue weighted by Crippen LogP contribution is 2.26. The first-order chi connectivity index (χ1) is 9.31. The highest BCUT2D eigenvalue weighted by molar-refractivity contribution is 9.10. The molecule has 0 aliphatic heterocycles. The van der Waals surface area contributed by atoms with E-state index >= 15 is 0 Å². The predicted octanol–water partition coefficient (Wildman–Crippen LogP) is 3.66. The number of carbonyl (C=O) groups is 1. The smallest absolute Gasteiger partial charge is 0.260 e. The number of hydrogen-bond acceptors (Lipinski definition) is 2. The lowest BCUT2D eigenvalue weighted by Crippen LogP contribution is -2.37. The molecule has 0 radical (unpaired) electrons. The third kappa shape index (κ3) is 5.07. The molecule has 1 amide bonds. The van der Waals surface area contributed by atoms with E-state index in [1.54, 1.807) is 0 Å². The van der Waals surface area contributed by atoms with Crippen LogP contribution in [-0.2, 0) is 4.79 Å². The molecule has 0 heterocycles. The molecule has 0 spiro atoms. The second-order valence-electron chi connectivity index (χ2n) is 4.93. The molecule has 0 aliphatic carbocycles. The lowest BCUT2D eigenvalue weighted by molar-refractivity contribution is -0.127. The summed E-state index contributed by atoms with van der Waals surface area (Å²) in [4.78, 5) is 11.7. The van der Waals surface area contributed by atoms with Crippen molar-refractivity contribution in [2.45, 2.75) is 33.3 Å². The standard InChI is InChI=1S/C14H18BrF2NO2/c1-8(2)4-5-18-14(19)9(3)20-12-7-10(15)6-11(16)13(12)17/h6-9H,4-5H2,1-3H3,(H,18,19). The molecule has 1 unspecified atom stereocenters. The fourth-order valence-electron chi connectivity index (χ4n) is 1.49. The summed E-state index contributed by atoms with van der Waals surface area (Å²) in [5, 5.41) is 2.69. The largest absolute Gasteiger partial charge is 0.478 e. The van der Waals surface area contributed by atoms with Gasteiger partial charge >= 0.3 is 0 Å². The van der Waals surface area contributed by atoms with Crippen LogP contribution in [0.4, 0.5) is 8.78 Å². The average molecular weight is 350 g/mol. The summed E-state index contributed by atoms with van der Waals surface area (Å²) in [5.74, 6) is -2.30. The van der Waals surface area contributed by atoms with Gasteiger partial charge in [-0.3, -0.25) is 4.79 Å². The van der Waals surface area contributed by atoms with Crippen molar-refractivity contribution in [1.29, 1.82) is 0 Å². The minimum atomic E-state index is -1.10. The molecule has 1 atom stereocenters. The molecule has 0 bridgehead atoms. The topological polar surface area (TPSA) is 38.3 Å². The predicted molar refractivity (Wildman–Crippen MR) is 76.6 cm³/mol. The Morgan fingerprint density at radius 3 is 2.60 bits per heavy atom. The number of ether oxygens (including phenoxy) is 1. The fourth-order valence-corrected chi connectivity index (χ4v) is 1.90. The first-order valence-electron chi connectivity index (χ1n) is 6.40. The van der Waals surface area contributed by atoms with Crippen LogP contribution in [-0.4, -0.2) is 18.6 Å². The Morgan fingerprint density at radius 2 is 2.00 bits per heavy atom. The molecule has 3 nitrogen and oxygen atoms in total. The molecule has 6 heteroatoms. The van der Waals surface area contributed by atoms with Crippen LogP contribution in [0.5, 0.6) is 5.75 Å². The zero-order valence-electron chi connectivity index (χ0n) is 11.7. The van der Waals surface area contributed by atoms with Crippen molar-refractivity contribution < 1.29 is 18.3 Å².